The first-order valence-corrected chi connectivity index (χ1v) is 7.04. The number of pyridine rings is 1. The summed E-state index contributed by atoms with van der Waals surface area (Å²) in [5.41, 5.74) is 3.77. The van der Waals surface area contributed by atoms with Crippen LogP contribution in [0.5, 0.6) is 0 Å². The highest BCUT2D eigenvalue weighted by Gasteiger charge is 2.09. The van der Waals surface area contributed by atoms with E-state index in [-0.39, 0.29) is 11.3 Å². The third kappa shape index (κ3) is 2.76. The van der Waals surface area contributed by atoms with E-state index in [0.29, 0.717) is 10.9 Å². The number of carbonyl (C=O) groups excluding carboxylic acids is 1. The highest BCUT2D eigenvalue weighted by atomic mass is 16.1. The molecule has 0 aliphatic carbocycles. The number of aromatic nitrogens is 1. The third-order valence-electron chi connectivity index (χ3n) is 3.54. The van der Waals surface area contributed by atoms with Gasteiger partial charge in [0, 0.05) is 33.9 Å². The first kappa shape index (κ1) is 14.1. The van der Waals surface area contributed by atoms with Crippen LogP contribution in [0.3, 0.4) is 0 Å². The Labute approximate surface area is 127 Å². The molecule has 110 valence electrons. The van der Waals surface area contributed by atoms with Crippen molar-refractivity contribution in [3.8, 4) is 0 Å². The molecule has 0 spiro atoms. The molecule has 0 atom stereocenters. The summed E-state index contributed by atoms with van der Waals surface area (Å²) in [5, 5.41) is 3.35. The van der Waals surface area contributed by atoms with E-state index in [4.69, 9.17) is 0 Å². The fraction of sp³-hybridized carbons (Fsp3) is 0.111. The standard InChI is InChI=1S/C18H16N2O2/c1-11-3-6-14(7-4-11)20-18(22)13-5-8-16-15(10-13)17(21)9-12(2)19-16/h3-10H,1-2H3,(H,19,21)(H,20,22). The molecule has 2 N–H and O–H groups in total. The van der Waals surface area contributed by atoms with Crippen molar-refractivity contribution in [1.82, 2.24) is 4.98 Å². The lowest BCUT2D eigenvalue weighted by Crippen LogP contribution is -2.13. The van der Waals surface area contributed by atoms with Crippen molar-refractivity contribution in [2.45, 2.75) is 13.8 Å². The van der Waals surface area contributed by atoms with Crippen molar-refractivity contribution < 1.29 is 4.79 Å². The Hall–Kier alpha value is -2.88. The molecule has 4 heteroatoms. The summed E-state index contributed by atoms with van der Waals surface area (Å²) in [6.07, 6.45) is 0. The molecule has 2 aromatic carbocycles. The lowest BCUT2D eigenvalue weighted by atomic mass is 10.1. The zero-order valence-electron chi connectivity index (χ0n) is 12.4. The number of H-pyrrole nitrogens is 1. The zero-order chi connectivity index (χ0) is 15.7. The maximum Gasteiger partial charge on any atom is 0.255 e. The van der Waals surface area contributed by atoms with Gasteiger partial charge in [0.2, 0.25) is 0 Å². The van der Waals surface area contributed by atoms with Crippen molar-refractivity contribution in [3.05, 3.63) is 75.6 Å². The minimum Gasteiger partial charge on any atom is -0.358 e. The van der Waals surface area contributed by atoms with Gasteiger partial charge in [0.25, 0.3) is 5.91 Å². The largest absolute Gasteiger partial charge is 0.358 e. The van der Waals surface area contributed by atoms with Gasteiger partial charge < -0.3 is 10.3 Å². The molecule has 0 fully saturated rings. The number of hydrogen-bond acceptors (Lipinski definition) is 2. The first-order valence-electron chi connectivity index (χ1n) is 7.04. The van der Waals surface area contributed by atoms with Crippen LogP contribution in [0.4, 0.5) is 5.69 Å². The fourth-order valence-electron chi connectivity index (χ4n) is 2.36. The van der Waals surface area contributed by atoms with Crippen molar-refractivity contribution in [2.24, 2.45) is 0 Å². The molecule has 1 heterocycles. The van der Waals surface area contributed by atoms with Gasteiger partial charge in [-0.15, -0.1) is 0 Å². The average molecular weight is 292 g/mol. The average Bonchev–Trinajstić information content (AvgIpc) is 2.49. The summed E-state index contributed by atoms with van der Waals surface area (Å²) in [7, 11) is 0. The van der Waals surface area contributed by atoms with Crippen molar-refractivity contribution in [2.75, 3.05) is 5.32 Å². The number of nitrogens with one attached hydrogen (secondary N) is 2. The van der Waals surface area contributed by atoms with Crippen LogP contribution < -0.4 is 10.7 Å². The van der Waals surface area contributed by atoms with E-state index in [2.05, 4.69) is 10.3 Å². The number of aryl methyl sites for hydroxylation is 2. The highest BCUT2D eigenvalue weighted by molar-refractivity contribution is 6.06. The monoisotopic (exact) mass is 292 g/mol. The number of fused-ring (bicyclic) bond motifs is 1. The van der Waals surface area contributed by atoms with E-state index in [9.17, 15) is 9.59 Å². The zero-order valence-corrected chi connectivity index (χ0v) is 12.4. The number of anilines is 1. The van der Waals surface area contributed by atoms with Crippen LogP contribution in [0, 0.1) is 13.8 Å². The summed E-state index contributed by atoms with van der Waals surface area (Å²) in [6.45, 7) is 3.82. The summed E-state index contributed by atoms with van der Waals surface area (Å²) < 4.78 is 0. The molecular formula is C18H16N2O2. The predicted octanol–water partition coefficient (Wildman–Crippen LogP) is 3.40. The maximum atomic E-state index is 12.3. The Morgan fingerprint density at radius 3 is 2.45 bits per heavy atom. The van der Waals surface area contributed by atoms with E-state index >= 15 is 0 Å². The second kappa shape index (κ2) is 5.48. The van der Waals surface area contributed by atoms with Crippen LogP contribution in [0.15, 0.2) is 53.3 Å². The molecule has 0 bridgehead atoms. The van der Waals surface area contributed by atoms with E-state index in [1.165, 1.54) is 6.07 Å². The summed E-state index contributed by atoms with van der Waals surface area (Å²) in [5.74, 6) is -0.231. The van der Waals surface area contributed by atoms with Crippen molar-refractivity contribution >= 4 is 22.5 Å². The third-order valence-corrected chi connectivity index (χ3v) is 3.54. The van der Waals surface area contributed by atoms with Gasteiger partial charge >= 0.3 is 0 Å². The van der Waals surface area contributed by atoms with Gasteiger partial charge in [0.05, 0.1) is 0 Å². The van der Waals surface area contributed by atoms with Crippen LogP contribution in [-0.2, 0) is 0 Å². The lowest BCUT2D eigenvalue weighted by Gasteiger charge is -2.07. The number of aromatic amines is 1. The van der Waals surface area contributed by atoms with E-state index in [1.54, 1.807) is 18.2 Å². The van der Waals surface area contributed by atoms with Crippen LogP contribution in [0.2, 0.25) is 0 Å². The molecule has 0 saturated heterocycles. The molecule has 3 aromatic rings. The summed E-state index contributed by atoms with van der Waals surface area (Å²) in [4.78, 5) is 27.4. The minimum absolute atomic E-state index is 0.0868. The number of amides is 1. The molecular weight excluding hydrogens is 276 g/mol. The topological polar surface area (TPSA) is 62.0 Å². The molecule has 1 aromatic heterocycles. The Morgan fingerprint density at radius 1 is 1.00 bits per heavy atom. The number of rotatable bonds is 2. The Kier molecular flexibility index (Phi) is 3.51. The van der Waals surface area contributed by atoms with Gasteiger partial charge in [0.15, 0.2) is 5.43 Å². The second-order valence-electron chi connectivity index (χ2n) is 5.40. The number of carbonyl (C=O) groups is 1. The van der Waals surface area contributed by atoms with E-state index in [0.717, 1.165) is 22.5 Å². The molecule has 4 nitrogen and oxygen atoms in total. The predicted molar refractivity (Wildman–Crippen MR) is 88.4 cm³/mol. The van der Waals surface area contributed by atoms with Gasteiger partial charge in [0.1, 0.15) is 0 Å². The molecule has 3 rings (SSSR count). The molecule has 0 saturated carbocycles. The normalized spacial score (nSPS) is 10.6. The molecule has 0 radical (unpaired) electrons. The van der Waals surface area contributed by atoms with Crippen LogP contribution in [0.1, 0.15) is 21.6 Å². The first-order chi connectivity index (χ1) is 10.5. The molecule has 0 unspecified atom stereocenters. The highest BCUT2D eigenvalue weighted by Crippen LogP contribution is 2.14. The number of hydrogen-bond donors (Lipinski definition) is 2. The summed E-state index contributed by atoms with van der Waals surface area (Å²) >= 11 is 0. The lowest BCUT2D eigenvalue weighted by molar-refractivity contribution is 0.102. The van der Waals surface area contributed by atoms with Crippen LogP contribution in [-0.4, -0.2) is 10.9 Å². The maximum absolute atomic E-state index is 12.3. The van der Waals surface area contributed by atoms with Gasteiger partial charge in [-0.05, 0) is 44.2 Å². The Balaban J connectivity index is 1.94. The Morgan fingerprint density at radius 2 is 1.73 bits per heavy atom. The van der Waals surface area contributed by atoms with Crippen LogP contribution >= 0.6 is 0 Å². The van der Waals surface area contributed by atoms with E-state index in [1.807, 2.05) is 38.1 Å². The van der Waals surface area contributed by atoms with Crippen LogP contribution in [0.25, 0.3) is 10.9 Å². The van der Waals surface area contributed by atoms with E-state index < -0.39 is 0 Å². The Bertz CT molecular complexity index is 909. The van der Waals surface area contributed by atoms with Crippen molar-refractivity contribution in [3.63, 3.8) is 0 Å². The van der Waals surface area contributed by atoms with Gasteiger partial charge in [-0.25, -0.2) is 0 Å². The SMILES string of the molecule is Cc1ccc(NC(=O)c2ccc3[nH]c(C)cc(=O)c3c2)cc1. The summed E-state index contributed by atoms with van der Waals surface area (Å²) in [6, 6.07) is 14.2. The molecule has 0 aliphatic heterocycles. The fourth-order valence-corrected chi connectivity index (χ4v) is 2.36. The smallest absolute Gasteiger partial charge is 0.255 e. The molecule has 0 aliphatic rings. The van der Waals surface area contributed by atoms with Crippen molar-refractivity contribution in [1.29, 1.82) is 0 Å². The molecule has 22 heavy (non-hydrogen) atoms. The number of benzene rings is 2. The minimum atomic E-state index is -0.231. The van der Waals surface area contributed by atoms with Gasteiger partial charge in [-0.1, -0.05) is 17.7 Å². The second-order valence-corrected chi connectivity index (χ2v) is 5.40. The molecule has 1 amide bonds. The van der Waals surface area contributed by atoms with Gasteiger partial charge in [-0.3, -0.25) is 9.59 Å². The van der Waals surface area contributed by atoms with Gasteiger partial charge in [-0.2, -0.15) is 0 Å². The quantitative estimate of drug-likeness (QED) is 0.760.